The minimum atomic E-state index is -4.81. The molecule has 1 spiro atoms. The molecule has 0 aromatic heterocycles. The third-order valence-electron chi connectivity index (χ3n) is 6.75. The SMILES string of the molecule is CSCCC1NC2(CCN(S(=O)(=O)c3ccccc3C(F)(F)F)CC2)N(Cc2ccc(F)cc2)C1=O. The zero-order valence-electron chi connectivity index (χ0n) is 19.6. The number of carbonyl (C=O) groups excluding carboxylic acids is 1. The van der Waals surface area contributed by atoms with E-state index in [4.69, 9.17) is 0 Å². The Morgan fingerprint density at radius 3 is 2.33 bits per heavy atom. The molecule has 6 nitrogen and oxygen atoms in total. The number of alkyl halides is 3. The van der Waals surface area contributed by atoms with E-state index >= 15 is 0 Å². The quantitative estimate of drug-likeness (QED) is 0.531. The normalized spacial score (nSPS) is 20.9. The van der Waals surface area contributed by atoms with E-state index in [2.05, 4.69) is 5.32 Å². The maximum absolute atomic E-state index is 13.5. The first-order chi connectivity index (χ1) is 17.0. The summed E-state index contributed by atoms with van der Waals surface area (Å²) in [4.78, 5) is 14.2. The topological polar surface area (TPSA) is 69.7 Å². The number of carbonyl (C=O) groups is 1. The van der Waals surface area contributed by atoms with E-state index in [1.165, 1.54) is 18.2 Å². The molecule has 2 aliphatic rings. The van der Waals surface area contributed by atoms with Crippen LogP contribution in [-0.2, 0) is 27.5 Å². The predicted molar refractivity (Wildman–Crippen MR) is 129 cm³/mol. The van der Waals surface area contributed by atoms with Gasteiger partial charge in [-0.2, -0.15) is 29.2 Å². The van der Waals surface area contributed by atoms with E-state index in [1.807, 2.05) is 6.26 Å². The fraction of sp³-hybridized carbons (Fsp3) is 0.458. The average Bonchev–Trinajstić information content (AvgIpc) is 3.09. The van der Waals surface area contributed by atoms with Crippen LogP contribution in [0.4, 0.5) is 17.6 Å². The minimum absolute atomic E-state index is 0.0516. The number of piperidine rings is 1. The monoisotopic (exact) mass is 545 g/mol. The van der Waals surface area contributed by atoms with E-state index in [0.717, 1.165) is 33.8 Å². The first kappa shape index (κ1) is 26.9. The van der Waals surface area contributed by atoms with E-state index in [1.54, 1.807) is 28.8 Å². The van der Waals surface area contributed by atoms with Crippen molar-refractivity contribution in [1.82, 2.24) is 14.5 Å². The van der Waals surface area contributed by atoms with Gasteiger partial charge < -0.3 is 4.90 Å². The second-order valence-electron chi connectivity index (χ2n) is 8.96. The van der Waals surface area contributed by atoms with E-state index in [9.17, 15) is 30.8 Å². The van der Waals surface area contributed by atoms with Gasteiger partial charge >= 0.3 is 6.18 Å². The fourth-order valence-electron chi connectivity index (χ4n) is 4.87. The number of nitrogens with zero attached hydrogens (tertiary/aromatic N) is 2. The van der Waals surface area contributed by atoms with Gasteiger partial charge in [0, 0.05) is 19.6 Å². The van der Waals surface area contributed by atoms with Crippen LogP contribution in [-0.4, -0.2) is 60.3 Å². The number of rotatable bonds is 7. The Morgan fingerprint density at radius 2 is 1.72 bits per heavy atom. The van der Waals surface area contributed by atoms with Crippen molar-refractivity contribution in [3.63, 3.8) is 0 Å². The summed E-state index contributed by atoms with van der Waals surface area (Å²) in [5, 5.41) is 3.41. The largest absolute Gasteiger partial charge is 0.417 e. The fourth-order valence-corrected chi connectivity index (χ4v) is 7.00. The number of sulfonamides is 1. The summed E-state index contributed by atoms with van der Waals surface area (Å²) < 4.78 is 81.4. The van der Waals surface area contributed by atoms with Crippen LogP contribution in [0.1, 0.15) is 30.4 Å². The number of thioether (sulfide) groups is 1. The zero-order valence-corrected chi connectivity index (χ0v) is 21.2. The summed E-state index contributed by atoms with van der Waals surface area (Å²) in [6, 6.07) is 9.53. The van der Waals surface area contributed by atoms with Gasteiger partial charge in [0.2, 0.25) is 15.9 Å². The third kappa shape index (κ3) is 5.27. The van der Waals surface area contributed by atoms with Crippen molar-refractivity contribution in [1.29, 1.82) is 0 Å². The molecule has 12 heteroatoms. The Balaban J connectivity index is 1.58. The maximum Gasteiger partial charge on any atom is 0.417 e. The van der Waals surface area contributed by atoms with Gasteiger partial charge in [0.05, 0.1) is 22.2 Å². The summed E-state index contributed by atoms with van der Waals surface area (Å²) in [7, 11) is -4.41. The minimum Gasteiger partial charge on any atom is -0.319 e. The molecule has 0 radical (unpaired) electrons. The molecule has 1 N–H and O–H groups in total. The molecule has 2 heterocycles. The van der Waals surface area contributed by atoms with E-state index in [-0.39, 0.29) is 38.4 Å². The van der Waals surface area contributed by atoms with Crippen molar-refractivity contribution in [3.05, 3.63) is 65.5 Å². The van der Waals surface area contributed by atoms with Crippen LogP contribution in [0.25, 0.3) is 0 Å². The molecule has 0 bridgehead atoms. The summed E-state index contributed by atoms with van der Waals surface area (Å²) >= 11 is 1.61. The van der Waals surface area contributed by atoms with Crippen molar-refractivity contribution in [2.45, 2.75) is 48.6 Å². The van der Waals surface area contributed by atoms with Gasteiger partial charge in [-0.05, 0) is 61.1 Å². The van der Waals surface area contributed by atoms with Crippen LogP contribution in [0.3, 0.4) is 0 Å². The summed E-state index contributed by atoms with van der Waals surface area (Å²) in [5.74, 6) is 0.237. The highest BCUT2D eigenvalue weighted by atomic mass is 32.2. The number of amides is 1. The molecule has 1 atom stereocenters. The van der Waals surface area contributed by atoms with Crippen molar-refractivity contribution in [2.75, 3.05) is 25.1 Å². The smallest absolute Gasteiger partial charge is 0.319 e. The molecule has 2 saturated heterocycles. The Kier molecular flexibility index (Phi) is 7.70. The molecule has 4 rings (SSSR count). The highest BCUT2D eigenvalue weighted by Gasteiger charge is 2.52. The van der Waals surface area contributed by atoms with Gasteiger partial charge in [0.25, 0.3) is 0 Å². The summed E-state index contributed by atoms with van der Waals surface area (Å²) in [6.45, 7) is 0.111. The predicted octanol–water partition coefficient (Wildman–Crippen LogP) is 4.08. The van der Waals surface area contributed by atoms with Crippen molar-refractivity contribution in [2.24, 2.45) is 0 Å². The van der Waals surface area contributed by atoms with Crippen molar-refractivity contribution < 1.29 is 30.8 Å². The third-order valence-corrected chi connectivity index (χ3v) is 9.35. The molecule has 2 aliphatic heterocycles. The molecule has 36 heavy (non-hydrogen) atoms. The Bertz CT molecular complexity index is 1200. The molecule has 2 aromatic rings. The first-order valence-corrected chi connectivity index (χ1v) is 14.3. The average molecular weight is 546 g/mol. The lowest BCUT2D eigenvalue weighted by Crippen LogP contribution is -2.59. The highest BCUT2D eigenvalue weighted by molar-refractivity contribution is 7.98. The van der Waals surface area contributed by atoms with Gasteiger partial charge in [0.1, 0.15) is 5.82 Å². The van der Waals surface area contributed by atoms with Gasteiger partial charge in [-0.3, -0.25) is 10.1 Å². The van der Waals surface area contributed by atoms with Crippen molar-refractivity contribution in [3.8, 4) is 0 Å². The van der Waals surface area contributed by atoms with Crippen LogP contribution in [0, 0.1) is 5.82 Å². The number of nitrogens with one attached hydrogen (secondary N) is 1. The lowest BCUT2D eigenvalue weighted by Gasteiger charge is -2.44. The molecule has 2 fully saturated rings. The molecular formula is C24H27F4N3O3S2. The summed E-state index contributed by atoms with van der Waals surface area (Å²) in [6.07, 6.45) is -1.86. The van der Waals surface area contributed by atoms with Crippen LogP contribution in [0.5, 0.6) is 0 Å². The number of hydrogen-bond acceptors (Lipinski definition) is 5. The molecular weight excluding hydrogens is 518 g/mol. The Morgan fingerprint density at radius 1 is 1.08 bits per heavy atom. The molecule has 2 aromatic carbocycles. The van der Waals surface area contributed by atoms with Gasteiger partial charge in [-0.1, -0.05) is 24.3 Å². The Labute approximate surface area is 212 Å². The number of hydrogen-bond donors (Lipinski definition) is 1. The number of halogens is 4. The van der Waals surface area contributed by atoms with Gasteiger partial charge in [-0.25, -0.2) is 12.8 Å². The molecule has 1 unspecified atom stereocenters. The van der Waals surface area contributed by atoms with Crippen LogP contribution >= 0.6 is 11.8 Å². The summed E-state index contributed by atoms with van der Waals surface area (Å²) in [5.41, 5.74) is -1.32. The molecule has 196 valence electrons. The Hall–Kier alpha value is -2.15. The highest BCUT2D eigenvalue weighted by Crippen LogP contribution is 2.39. The van der Waals surface area contributed by atoms with Gasteiger partial charge in [-0.15, -0.1) is 0 Å². The standard InChI is InChI=1S/C24H27F4N3O3S2/c1-35-15-10-20-22(32)31(16-17-6-8-18(25)9-7-17)23(29-20)11-13-30(14-12-23)36(33,34)21-5-3-2-4-19(21)24(26,27)28/h2-9,20,29H,10-16H2,1H3. The second kappa shape index (κ2) is 10.3. The number of benzene rings is 2. The maximum atomic E-state index is 13.5. The van der Waals surface area contributed by atoms with Crippen LogP contribution < -0.4 is 5.32 Å². The molecule has 0 aliphatic carbocycles. The van der Waals surface area contributed by atoms with Crippen molar-refractivity contribution >= 4 is 27.7 Å². The van der Waals surface area contributed by atoms with Gasteiger partial charge in [0.15, 0.2) is 0 Å². The van der Waals surface area contributed by atoms with Crippen LogP contribution in [0.2, 0.25) is 0 Å². The second-order valence-corrected chi connectivity index (χ2v) is 11.9. The lowest BCUT2D eigenvalue weighted by atomic mass is 9.96. The zero-order chi connectivity index (χ0) is 26.1. The van der Waals surface area contributed by atoms with E-state index < -0.39 is 44.2 Å². The van der Waals surface area contributed by atoms with E-state index in [0.29, 0.717) is 6.42 Å². The first-order valence-electron chi connectivity index (χ1n) is 11.5. The molecule has 1 amide bonds. The lowest BCUT2D eigenvalue weighted by molar-refractivity contribution is -0.140. The van der Waals surface area contributed by atoms with Crippen LogP contribution in [0.15, 0.2) is 53.4 Å². The molecule has 0 saturated carbocycles.